The molecule has 0 saturated carbocycles. The molecule has 0 spiro atoms. The van der Waals surface area contributed by atoms with Crippen molar-refractivity contribution in [2.45, 2.75) is 19.3 Å². The van der Waals surface area contributed by atoms with Crippen molar-refractivity contribution in [1.29, 1.82) is 0 Å². The van der Waals surface area contributed by atoms with Gasteiger partial charge in [-0.2, -0.15) is 0 Å². The molecule has 3 rings (SSSR count). The molecule has 0 radical (unpaired) electrons. The van der Waals surface area contributed by atoms with Gasteiger partial charge in [-0.15, -0.1) is 0 Å². The summed E-state index contributed by atoms with van der Waals surface area (Å²) >= 11 is 3.45. The normalized spacial score (nSPS) is 15.3. The van der Waals surface area contributed by atoms with Crippen molar-refractivity contribution in [3.05, 3.63) is 64.1 Å². The lowest BCUT2D eigenvalue weighted by atomic mass is 9.90. The van der Waals surface area contributed by atoms with E-state index in [-0.39, 0.29) is 5.91 Å². The number of methoxy groups -OCH3 is 1. The van der Waals surface area contributed by atoms with E-state index in [2.05, 4.69) is 46.3 Å². The highest BCUT2D eigenvalue weighted by Crippen LogP contribution is 2.27. The van der Waals surface area contributed by atoms with Crippen LogP contribution in [0, 0.1) is 5.92 Å². The molecule has 1 aliphatic heterocycles. The minimum Gasteiger partial charge on any atom is -0.496 e. The standard InChI is InChI=1S/C20H22BrNO2/c1-24-19-8-7-17(14-18(19)21)20(23)22-11-9-16(10-12-22)13-15-5-3-2-4-6-15/h2-8,14,16H,9-13H2,1H3. The molecule has 0 unspecified atom stereocenters. The zero-order valence-electron chi connectivity index (χ0n) is 13.9. The van der Waals surface area contributed by atoms with Crippen LogP contribution in [0.15, 0.2) is 53.0 Å². The van der Waals surface area contributed by atoms with Gasteiger partial charge in [0.1, 0.15) is 5.75 Å². The highest BCUT2D eigenvalue weighted by atomic mass is 79.9. The highest BCUT2D eigenvalue weighted by molar-refractivity contribution is 9.10. The Balaban J connectivity index is 1.58. The topological polar surface area (TPSA) is 29.5 Å². The summed E-state index contributed by atoms with van der Waals surface area (Å²) in [5, 5.41) is 0. The average Bonchev–Trinajstić information content (AvgIpc) is 2.62. The van der Waals surface area contributed by atoms with Crippen LogP contribution in [0.4, 0.5) is 0 Å². The van der Waals surface area contributed by atoms with Crippen molar-refractivity contribution in [3.8, 4) is 5.75 Å². The predicted octanol–water partition coefficient (Wildman–Crippen LogP) is 4.55. The fourth-order valence-corrected chi connectivity index (χ4v) is 3.81. The van der Waals surface area contributed by atoms with Crippen molar-refractivity contribution >= 4 is 21.8 Å². The molecule has 126 valence electrons. The Bertz CT molecular complexity index is 694. The van der Waals surface area contributed by atoms with Gasteiger partial charge in [0.25, 0.3) is 5.91 Å². The molecule has 4 heteroatoms. The van der Waals surface area contributed by atoms with E-state index in [0.717, 1.165) is 42.6 Å². The van der Waals surface area contributed by atoms with Crippen LogP contribution in [0.5, 0.6) is 5.75 Å². The Labute approximate surface area is 151 Å². The molecule has 24 heavy (non-hydrogen) atoms. The fraction of sp³-hybridized carbons (Fsp3) is 0.350. The van der Waals surface area contributed by atoms with E-state index in [1.54, 1.807) is 7.11 Å². The number of amides is 1. The molecule has 2 aromatic rings. The molecule has 1 amide bonds. The number of likely N-dealkylation sites (tertiary alicyclic amines) is 1. The van der Waals surface area contributed by atoms with Crippen molar-refractivity contribution in [3.63, 3.8) is 0 Å². The molecule has 0 bridgehead atoms. The molecule has 0 atom stereocenters. The molecule has 1 saturated heterocycles. The second-order valence-electron chi connectivity index (χ2n) is 6.27. The molecule has 0 aromatic heterocycles. The van der Waals surface area contributed by atoms with Gasteiger partial charge >= 0.3 is 0 Å². The summed E-state index contributed by atoms with van der Waals surface area (Å²) in [5.74, 6) is 1.52. The van der Waals surface area contributed by atoms with Crippen LogP contribution in [0.2, 0.25) is 0 Å². The molecule has 0 aliphatic carbocycles. The molecular formula is C20H22BrNO2. The molecule has 0 N–H and O–H groups in total. The number of hydrogen-bond donors (Lipinski definition) is 0. The van der Waals surface area contributed by atoms with Crippen molar-refractivity contribution < 1.29 is 9.53 Å². The summed E-state index contributed by atoms with van der Waals surface area (Å²) in [6, 6.07) is 16.1. The van der Waals surface area contributed by atoms with Crippen molar-refractivity contribution in [2.24, 2.45) is 5.92 Å². The van der Waals surface area contributed by atoms with E-state index >= 15 is 0 Å². The summed E-state index contributed by atoms with van der Waals surface area (Å²) in [5.41, 5.74) is 2.10. The lowest BCUT2D eigenvalue weighted by Crippen LogP contribution is -2.38. The smallest absolute Gasteiger partial charge is 0.253 e. The maximum atomic E-state index is 12.7. The number of benzene rings is 2. The largest absolute Gasteiger partial charge is 0.496 e. The molecule has 1 fully saturated rings. The summed E-state index contributed by atoms with van der Waals surface area (Å²) in [6.07, 6.45) is 3.24. The third-order valence-electron chi connectivity index (χ3n) is 4.67. The van der Waals surface area contributed by atoms with Crippen LogP contribution in [0.1, 0.15) is 28.8 Å². The quantitative estimate of drug-likeness (QED) is 0.769. The number of carbonyl (C=O) groups is 1. The van der Waals surface area contributed by atoms with Crippen LogP contribution in [-0.2, 0) is 6.42 Å². The SMILES string of the molecule is COc1ccc(C(=O)N2CCC(Cc3ccccc3)CC2)cc1Br. The van der Waals surface area contributed by atoms with Gasteiger partial charge in [-0.1, -0.05) is 30.3 Å². The van der Waals surface area contributed by atoms with Gasteiger partial charge in [-0.25, -0.2) is 0 Å². The fourth-order valence-electron chi connectivity index (χ4n) is 3.27. The second-order valence-corrected chi connectivity index (χ2v) is 7.13. The van der Waals surface area contributed by atoms with E-state index in [1.807, 2.05) is 23.1 Å². The molecule has 2 aromatic carbocycles. The number of rotatable bonds is 4. The minimum atomic E-state index is 0.108. The van der Waals surface area contributed by atoms with E-state index in [4.69, 9.17) is 4.74 Å². The van der Waals surface area contributed by atoms with Crippen LogP contribution < -0.4 is 4.74 Å². The number of halogens is 1. The molecule has 1 aliphatic rings. The Hall–Kier alpha value is -1.81. The van der Waals surface area contributed by atoms with Crippen molar-refractivity contribution in [1.82, 2.24) is 4.90 Å². The molecular weight excluding hydrogens is 366 g/mol. The van der Waals surface area contributed by atoms with Crippen LogP contribution in [0.3, 0.4) is 0 Å². The van der Waals surface area contributed by atoms with Gasteiger partial charge in [0.15, 0.2) is 0 Å². The van der Waals surface area contributed by atoms with Gasteiger partial charge in [0, 0.05) is 18.7 Å². The van der Waals surface area contributed by atoms with Gasteiger partial charge < -0.3 is 9.64 Å². The zero-order chi connectivity index (χ0) is 16.9. The van der Waals surface area contributed by atoms with E-state index in [1.165, 1.54) is 5.56 Å². The average molecular weight is 388 g/mol. The second kappa shape index (κ2) is 7.84. The van der Waals surface area contributed by atoms with Crippen molar-refractivity contribution in [2.75, 3.05) is 20.2 Å². The summed E-state index contributed by atoms with van der Waals surface area (Å²) in [7, 11) is 1.62. The Morgan fingerprint density at radius 3 is 2.50 bits per heavy atom. The first-order valence-electron chi connectivity index (χ1n) is 8.34. The molecule has 3 nitrogen and oxygen atoms in total. The lowest BCUT2D eigenvalue weighted by molar-refractivity contribution is 0.0690. The summed E-state index contributed by atoms with van der Waals surface area (Å²) < 4.78 is 6.04. The number of carbonyl (C=O) groups excluding carboxylic acids is 1. The van der Waals surface area contributed by atoms with Crippen LogP contribution in [0.25, 0.3) is 0 Å². The number of nitrogens with zero attached hydrogens (tertiary/aromatic N) is 1. The predicted molar refractivity (Wildman–Crippen MR) is 99.5 cm³/mol. The summed E-state index contributed by atoms with van der Waals surface area (Å²) in [4.78, 5) is 14.6. The van der Waals surface area contributed by atoms with E-state index < -0.39 is 0 Å². The van der Waals surface area contributed by atoms with Gasteiger partial charge in [-0.3, -0.25) is 4.79 Å². The minimum absolute atomic E-state index is 0.108. The Morgan fingerprint density at radius 2 is 1.88 bits per heavy atom. The number of hydrogen-bond acceptors (Lipinski definition) is 2. The van der Waals surface area contributed by atoms with Gasteiger partial charge in [0.05, 0.1) is 11.6 Å². The van der Waals surface area contributed by atoms with Gasteiger partial charge in [0.2, 0.25) is 0 Å². The number of piperidine rings is 1. The Kier molecular flexibility index (Phi) is 5.56. The first kappa shape index (κ1) is 17.0. The Morgan fingerprint density at radius 1 is 1.17 bits per heavy atom. The highest BCUT2D eigenvalue weighted by Gasteiger charge is 2.24. The summed E-state index contributed by atoms with van der Waals surface area (Å²) in [6.45, 7) is 1.67. The van der Waals surface area contributed by atoms with Crippen LogP contribution >= 0.6 is 15.9 Å². The lowest BCUT2D eigenvalue weighted by Gasteiger charge is -2.32. The number of ether oxygens (including phenoxy) is 1. The zero-order valence-corrected chi connectivity index (χ0v) is 15.5. The third kappa shape index (κ3) is 3.99. The monoisotopic (exact) mass is 387 g/mol. The van der Waals surface area contributed by atoms with Crippen LogP contribution in [-0.4, -0.2) is 31.0 Å². The maximum Gasteiger partial charge on any atom is 0.253 e. The van der Waals surface area contributed by atoms with E-state index in [9.17, 15) is 4.79 Å². The van der Waals surface area contributed by atoms with E-state index in [0.29, 0.717) is 11.5 Å². The van der Waals surface area contributed by atoms with Gasteiger partial charge in [-0.05, 0) is 64.9 Å². The maximum absolute atomic E-state index is 12.7. The molecule has 1 heterocycles. The first-order valence-corrected chi connectivity index (χ1v) is 9.13. The third-order valence-corrected chi connectivity index (χ3v) is 5.29. The first-order chi connectivity index (χ1) is 11.7.